The molecular formula is C25H26ClFN6O. The van der Waals surface area contributed by atoms with Crippen molar-refractivity contribution in [2.45, 2.75) is 44.7 Å². The third-order valence-corrected chi connectivity index (χ3v) is 6.14. The molecule has 176 valence electrons. The lowest BCUT2D eigenvalue weighted by atomic mass is 9.90. The topological polar surface area (TPSA) is 106 Å². The molecule has 1 aliphatic carbocycles. The molecule has 1 aliphatic rings. The maximum atomic E-state index is 14.7. The molecule has 2 aromatic heterocycles. The van der Waals surface area contributed by atoms with E-state index in [0.717, 1.165) is 31.9 Å². The van der Waals surface area contributed by atoms with E-state index < -0.39 is 5.82 Å². The summed E-state index contributed by atoms with van der Waals surface area (Å²) in [4.78, 5) is 25.5. The SMILES string of the molecule is Cc1ncc(Cl)cc1/C(=C\N)c1ncc(F)c(NC2CCCCC2NC(=O)c2ccccc2)n1. The van der Waals surface area contributed by atoms with Crippen molar-refractivity contribution >= 4 is 28.9 Å². The second-order valence-corrected chi connectivity index (χ2v) is 8.67. The van der Waals surface area contributed by atoms with Gasteiger partial charge in [0.25, 0.3) is 5.91 Å². The number of benzene rings is 1. The molecule has 0 bridgehead atoms. The minimum absolute atomic E-state index is 0.0582. The molecule has 7 nitrogen and oxygen atoms in total. The molecule has 2 unspecified atom stereocenters. The number of aromatic nitrogens is 3. The lowest BCUT2D eigenvalue weighted by Crippen LogP contribution is -2.48. The molecule has 0 spiro atoms. The minimum atomic E-state index is -0.584. The molecule has 1 saturated carbocycles. The van der Waals surface area contributed by atoms with Gasteiger partial charge in [-0.2, -0.15) is 0 Å². The van der Waals surface area contributed by atoms with Gasteiger partial charge in [-0.1, -0.05) is 42.6 Å². The molecule has 2 heterocycles. The van der Waals surface area contributed by atoms with E-state index in [9.17, 15) is 9.18 Å². The van der Waals surface area contributed by atoms with Crippen LogP contribution >= 0.6 is 11.6 Å². The van der Waals surface area contributed by atoms with Crippen molar-refractivity contribution in [1.82, 2.24) is 20.3 Å². The van der Waals surface area contributed by atoms with Crippen LogP contribution in [0.4, 0.5) is 10.2 Å². The Morgan fingerprint density at radius 2 is 1.88 bits per heavy atom. The summed E-state index contributed by atoms with van der Waals surface area (Å²) < 4.78 is 14.7. The van der Waals surface area contributed by atoms with Crippen LogP contribution in [0.2, 0.25) is 5.02 Å². The van der Waals surface area contributed by atoms with Gasteiger partial charge in [0.05, 0.1) is 11.2 Å². The third kappa shape index (κ3) is 5.34. The van der Waals surface area contributed by atoms with Crippen molar-refractivity contribution in [2.24, 2.45) is 5.73 Å². The molecule has 4 rings (SSSR count). The van der Waals surface area contributed by atoms with Crippen LogP contribution in [-0.4, -0.2) is 32.9 Å². The predicted molar refractivity (Wildman–Crippen MR) is 131 cm³/mol. The second kappa shape index (κ2) is 10.6. The van der Waals surface area contributed by atoms with Gasteiger partial charge in [-0.3, -0.25) is 9.78 Å². The van der Waals surface area contributed by atoms with E-state index in [1.807, 2.05) is 25.1 Å². The number of nitrogens with zero attached hydrogens (tertiary/aromatic N) is 3. The maximum absolute atomic E-state index is 14.7. The third-order valence-electron chi connectivity index (χ3n) is 5.94. The minimum Gasteiger partial charge on any atom is -0.404 e. The smallest absolute Gasteiger partial charge is 0.251 e. The molecule has 4 N–H and O–H groups in total. The van der Waals surface area contributed by atoms with Crippen molar-refractivity contribution in [2.75, 3.05) is 5.32 Å². The van der Waals surface area contributed by atoms with Gasteiger partial charge in [0.15, 0.2) is 17.5 Å². The van der Waals surface area contributed by atoms with Gasteiger partial charge in [-0.25, -0.2) is 14.4 Å². The van der Waals surface area contributed by atoms with Crippen LogP contribution < -0.4 is 16.4 Å². The molecule has 1 amide bonds. The van der Waals surface area contributed by atoms with E-state index in [1.165, 1.54) is 6.20 Å². The summed E-state index contributed by atoms with van der Waals surface area (Å²) >= 11 is 6.11. The number of carbonyl (C=O) groups excluding carboxylic acids is 1. The lowest BCUT2D eigenvalue weighted by molar-refractivity contribution is 0.0923. The summed E-state index contributed by atoms with van der Waals surface area (Å²) in [5, 5.41) is 6.74. The van der Waals surface area contributed by atoms with Crippen LogP contribution in [0.3, 0.4) is 0 Å². The van der Waals surface area contributed by atoms with Gasteiger partial charge in [-0.05, 0) is 38.0 Å². The average Bonchev–Trinajstić information content (AvgIpc) is 2.85. The quantitative estimate of drug-likeness (QED) is 0.480. The number of hydrogen-bond donors (Lipinski definition) is 3. The van der Waals surface area contributed by atoms with Crippen molar-refractivity contribution in [1.29, 1.82) is 0 Å². The molecule has 1 fully saturated rings. The van der Waals surface area contributed by atoms with Crippen molar-refractivity contribution in [3.05, 3.63) is 88.5 Å². The zero-order valence-corrected chi connectivity index (χ0v) is 19.5. The number of pyridine rings is 1. The van der Waals surface area contributed by atoms with Gasteiger partial charge in [0.1, 0.15) is 0 Å². The summed E-state index contributed by atoms with van der Waals surface area (Å²) in [7, 11) is 0. The second-order valence-electron chi connectivity index (χ2n) is 8.24. The normalized spacial score (nSPS) is 18.4. The predicted octanol–water partition coefficient (Wildman–Crippen LogP) is 4.47. The lowest BCUT2D eigenvalue weighted by Gasteiger charge is -2.33. The van der Waals surface area contributed by atoms with Gasteiger partial charge >= 0.3 is 0 Å². The zero-order chi connectivity index (χ0) is 24.1. The number of aryl methyl sites for hydroxylation is 1. The van der Waals surface area contributed by atoms with Gasteiger partial charge in [-0.15, -0.1) is 0 Å². The standard InChI is InChI=1S/C25H26ClFN6O/c1-15-18(11-17(26)13-29-15)19(12-28)23-30-14-20(27)24(33-23)31-21-9-5-6-10-22(21)32-25(34)16-7-3-2-4-8-16/h2-4,7-8,11-14,21-22H,5-6,9-10,28H2,1H3,(H,32,34)(H,30,31,33)/b19-12+. The number of hydrogen-bond acceptors (Lipinski definition) is 6. The van der Waals surface area contributed by atoms with Crippen LogP contribution in [0.5, 0.6) is 0 Å². The fourth-order valence-corrected chi connectivity index (χ4v) is 4.31. The molecule has 9 heteroatoms. The Kier molecular flexibility index (Phi) is 7.37. The van der Waals surface area contributed by atoms with E-state index in [0.29, 0.717) is 27.4 Å². The highest BCUT2D eigenvalue weighted by Crippen LogP contribution is 2.27. The first kappa shape index (κ1) is 23.6. The molecular weight excluding hydrogens is 455 g/mol. The Labute approximate surface area is 202 Å². The van der Waals surface area contributed by atoms with E-state index >= 15 is 0 Å². The monoisotopic (exact) mass is 480 g/mol. The van der Waals surface area contributed by atoms with E-state index in [4.69, 9.17) is 17.3 Å². The highest BCUT2D eigenvalue weighted by atomic mass is 35.5. The number of nitrogens with two attached hydrogens (primary N) is 1. The largest absolute Gasteiger partial charge is 0.404 e. The number of anilines is 1. The Hall–Kier alpha value is -3.52. The Morgan fingerprint density at radius 1 is 1.15 bits per heavy atom. The number of amides is 1. The Morgan fingerprint density at radius 3 is 2.62 bits per heavy atom. The fourth-order valence-electron chi connectivity index (χ4n) is 4.16. The van der Waals surface area contributed by atoms with Crippen LogP contribution in [0.1, 0.15) is 53.1 Å². The molecule has 3 aromatic rings. The highest BCUT2D eigenvalue weighted by Gasteiger charge is 2.28. The maximum Gasteiger partial charge on any atom is 0.251 e. The first-order valence-electron chi connectivity index (χ1n) is 11.2. The zero-order valence-electron chi connectivity index (χ0n) is 18.8. The van der Waals surface area contributed by atoms with Crippen LogP contribution in [0.15, 0.2) is 55.0 Å². The summed E-state index contributed by atoms with van der Waals surface area (Å²) in [6, 6.07) is 10.4. The van der Waals surface area contributed by atoms with E-state index in [2.05, 4.69) is 25.6 Å². The molecule has 2 atom stereocenters. The molecule has 0 radical (unpaired) electrons. The molecule has 0 aliphatic heterocycles. The van der Waals surface area contributed by atoms with E-state index in [1.54, 1.807) is 24.4 Å². The summed E-state index contributed by atoms with van der Waals surface area (Å²) in [6.45, 7) is 1.82. The number of rotatable bonds is 6. The molecule has 34 heavy (non-hydrogen) atoms. The van der Waals surface area contributed by atoms with Gasteiger partial charge in [0.2, 0.25) is 0 Å². The van der Waals surface area contributed by atoms with Crippen LogP contribution in [0, 0.1) is 12.7 Å². The summed E-state index contributed by atoms with van der Waals surface area (Å²) in [6.07, 6.45) is 7.53. The highest BCUT2D eigenvalue weighted by molar-refractivity contribution is 6.30. The van der Waals surface area contributed by atoms with Crippen LogP contribution in [0.25, 0.3) is 5.57 Å². The number of carbonyl (C=O) groups is 1. The first-order chi connectivity index (χ1) is 16.5. The van der Waals surface area contributed by atoms with E-state index in [-0.39, 0.29) is 29.6 Å². The van der Waals surface area contributed by atoms with Crippen molar-refractivity contribution < 1.29 is 9.18 Å². The van der Waals surface area contributed by atoms with Gasteiger partial charge < -0.3 is 16.4 Å². The van der Waals surface area contributed by atoms with Crippen molar-refractivity contribution in [3.63, 3.8) is 0 Å². The number of nitrogens with one attached hydrogen (secondary N) is 2. The van der Waals surface area contributed by atoms with Crippen molar-refractivity contribution in [3.8, 4) is 0 Å². The molecule has 1 aromatic carbocycles. The average molecular weight is 481 g/mol. The molecule has 0 saturated heterocycles. The Bertz CT molecular complexity index is 1200. The number of halogens is 2. The first-order valence-corrected chi connectivity index (χ1v) is 11.5. The summed E-state index contributed by atoms with van der Waals surface area (Å²) in [5.41, 5.74) is 8.33. The van der Waals surface area contributed by atoms with Gasteiger partial charge in [0, 0.05) is 46.9 Å². The Balaban J connectivity index is 1.57. The summed E-state index contributed by atoms with van der Waals surface area (Å²) in [5.74, 6) is -0.428. The fraction of sp³-hybridized carbons (Fsp3) is 0.280. The van der Waals surface area contributed by atoms with Crippen LogP contribution in [-0.2, 0) is 0 Å².